The quantitative estimate of drug-likeness (QED) is 0.854. The fraction of sp³-hybridized carbons (Fsp3) is 0.417. The summed E-state index contributed by atoms with van der Waals surface area (Å²) in [6.07, 6.45) is 0. The van der Waals surface area contributed by atoms with Crippen molar-refractivity contribution < 1.29 is 13.9 Å². The second kappa shape index (κ2) is 4.82. The van der Waals surface area contributed by atoms with Crippen LogP contribution in [-0.4, -0.2) is 43.1 Å². The molecule has 1 aliphatic heterocycles. The fourth-order valence-electron chi connectivity index (χ4n) is 2.29. The van der Waals surface area contributed by atoms with E-state index in [-0.39, 0.29) is 5.75 Å². The van der Waals surface area contributed by atoms with Crippen LogP contribution >= 0.6 is 12.2 Å². The Kier molecular flexibility index (Phi) is 3.16. The van der Waals surface area contributed by atoms with Crippen molar-refractivity contribution >= 4 is 23.3 Å². The molecule has 0 aliphatic carbocycles. The van der Waals surface area contributed by atoms with Crippen molar-refractivity contribution in [1.82, 2.24) is 9.66 Å². The lowest BCUT2D eigenvalue weighted by atomic mass is 10.3. The number of hydrogen-bond donors (Lipinski definition) is 1. The van der Waals surface area contributed by atoms with E-state index in [1.165, 1.54) is 13.2 Å². The fourth-order valence-corrected chi connectivity index (χ4v) is 2.61. The molecule has 2 aromatic rings. The van der Waals surface area contributed by atoms with E-state index in [0.717, 1.165) is 18.6 Å². The van der Waals surface area contributed by atoms with Gasteiger partial charge in [0.25, 0.3) is 0 Å². The molecule has 3 rings (SSSR count). The van der Waals surface area contributed by atoms with Crippen molar-refractivity contribution in [2.75, 3.05) is 38.4 Å². The third-order valence-corrected chi connectivity index (χ3v) is 3.48. The number of hydrogen-bond acceptors (Lipinski definition) is 4. The number of rotatable bonds is 2. The van der Waals surface area contributed by atoms with Crippen molar-refractivity contribution in [1.29, 1.82) is 0 Å². The monoisotopic (exact) mass is 283 g/mol. The number of aromatic amines is 1. The third kappa shape index (κ3) is 2.08. The highest BCUT2D eigenvalue weighted by molar-refractivity contribution is 7.71. The van der Waals surface area contributed by atoms with Crippen LogP contribution in [0.5, 0.6) is 5.75 Å². The van der Waals surface area contributed by atoms with Crippen LogP contribution in [0.3, 0.4) is 0 Å². The number of H-pyrrole nitrogens is 1. The Hall–Kier alpha value is -1.60. The van der Waals surface area contributed by atoms with E-state index < -0.39 is 5.82 Å². The molecule has 7 heteroatoms. The number of benzene rings is 1. The Balaban J connectivity index is 2.17. The maximum atomic E-state index is 13.7. The lowest BCUT2D eigenvalue weighted by Crippen LogP contribution is -2.43. The first-order valence-corrected chi connectivity index (χ1v) is 6.43. The summed E-state index contributed by atoms with van der Waals surface area (Å²) < 4.78 is 26.5. The van der Waals surface area contributed by atoms with Gasteiger partial charge in [-0.05, 0) is 12.2 Å². The predicted octanol–water partition coefficient (Wildman–Crippen LogP) is 1.81. The molecule has 19 heavy (non-hydrogen) atoms. The molecule has 2 heterocycles. The van der Waals surface area contributed by atoms with Gasteiger partial charge in [0.05, 0.1) is 44.4 Å². The minimum absolute atomic E-state index is 0.212. The van der Waals surface area contributed by atoms with Gasteiger partial charge in [0, 0.05) is 12.1 Å². The Bertz CT molecular complexity index is 661. The first-order chi connectivity index (χ1) is 9.20. The minimum atomic E-state index is -0.402. The van der Waals surface area contributed by atoms with E-state index in [9.17, 15) is 4.39 Å². The van der Waals surface area contributed by atoms with Gasteiger partial charge in [-0.2, -0.15) is 0 Å². The number of nitrogens with zero attached hydrogens (tertiary/aromatic N) is 2. The number of methoxy groups -OCH3 is 1. The molecule has 1 aromatic heterocycles. The maximum Gasteiger partial charge on any atom is 0.197 e. The van der Waals surface area contributed by atoms with Crippen LogP contribution in [0.15, 0.2) is 12.1 Å². The van der Waals surface area contributed by atoms with Crippen LogP contribution in [0.25, 0.3) is 11.0 Å². The molecule has 0 unspecified atom stereocenters. The number of aromatic nitrogens is 2. The molecule has 1 fully saturated rings. The van der Waals surface area contributed by atoms with Crippen molar-refractivity contribution in [2.45, 2.75) is 0 Å². The topological polar surface area (TPSA) is 42.4 Å². The molecule has 0 amide bonds. The van der Waals surface area contributed by atoms with E-state index in [2.05, 4.69) is 9.99 Å². The molecule has 5 nitrogen and oxygen atoms in total. The van der Waals surface area contributed by atoms with Gasteiger partial charge < -0.3 is 19.5 Å². The van der Waals surface area contributed by atoms with Gasteiger partial charge in [-0.15, -0.1) is 0 Å². The molecule has 1 aliphatic rings. The molecule has 0 spiro atoms. The van der Waals surface area contributed by atoms with E-state index in [0.29, 0.717) is 23.5 Å². The van der Waals surface area contributed by atoms with Crippen LogP contribution in [0.4, 0.5) is 4.39 Å². The van der Waals surface area contributed by atoms with E-state index >= 15 is 0 Å². The lowest BCUT2D eigenvalue weighted by molar-refractivity contribution is 0.111. The second-order valence-electron chi connectivity index (χ2n) is 4.31. The van der Waals surface area contributed by atoms with Crippen molar-refractivity contribution in [3.63, 3.8) is 0 Å². The highest BCUT2D eigenvalue weighted by Crippen LogP contribution is 2.24. The maximum absolute atomic E-state index is 13.7. The molecule has 1 aromatic carbocycles. The van der Waals surface area contributed by atoms with Gasteiger partial charge in [0.15, 0.2) is 16.3 Å². The largest absolute Gasteiger partial charge is 0.494 e. The Morgan fingerprint density at radius 2 is 2.11 bits per heavy atom. The molecule has 0 saturated carbocycles. The van der Waals surface area contributed by atoms with Gasteiger partial charge in [0.2, 0.25) is 0 Å². The van der Waals surface area contributed by atoms with Crippen LogP contribution in [0.1, 0.15) is 0 Å². The number of morpholine rings is 1. The van der Waals surface area contributed by atoms with Gasteiger partial charge >= 0.3 is 0 Å². The zero-order chi connectivity index (χ0) is 13.4. The predicted molar refractivity (Wildman–Crippen MR) is 72.4 cm³/mol. The Morgan fingerprint density at radius 3 is 2.79 bits per heavy atom. The first-order valence-electron chi connectivity index (χ1n) is 6.02. The summed E-state index contributed by atoms with van der Waals surface area (Å²) in [4.78, 5) is 3.02. The summed E-state index contributed by atoms with van der Waals surface area (Å²) in [6, 6.07) is 3.06. The summed E-state index contributed by atoms with van der Waals surface area (Å²) in [5.74, 6) is -0.191. The number of fused-ring (bicyclic) bond motifs is 1. The molecule has 1 saturated heterocycles. The van der Waals surface area contributed by atoms with Crippen molar-refractivity contribution in [2.24, 2.45) is 0 Å². The smallest absolute Gasteiger partial charge is 0.197 e. The number of ether oxygens (including phenoxy) is 2. The van der Waals surface area contributed by atoms with Gasteiger partial charge in [-0.25, -0.2) is 9.07 Å². The summed E-state index contributed by atoms with van der Waals surface area (Å²) in [5, 5.41) is 2.09. The van der Waals surface area contributed by atoms with Crippen molar-refractivity contribution in [3.05, 3.63) is 22.7 Å². The second-order valence-corrected chi connectivity index (χ2v) is 4.70. The average Bonchev–Trinajstić information content (AvgIpc) is 2.73. The standard InChI is InChI=1S/C12H14FN3O2S/c1-17-11-7-10-9(6-8(11)13)14-12(19)16(10)15-2-4-18-5-3-15/h6-7H,2-5H2,1H3,(H,14,19). The molecular formula is C12H14FN3O2S. The molecule has 0 radical (unpaired) electrons. The van der Waals surface area contributed by atoms with Crippen molar-refractivity contribution in [3.8, 4) is 5.75 Å². The molecular weight excluding hydrogens is 269 g/mol. The summed E-state index contributed by atoms with van der Waals surface area (Å²) in [6.45, 7) is 2.82. The van der Waals surface area contributed by atoms with Gasteiger partial charge in [-0.3, -0.25) is 0 Å². The van der Waals surface area contributed by atoms with Crippen LogP contribution in [0.2, 0.25) is 0 Å². The molecule has 1 N–H and O–H groups in total. The van der Waals surface area contributed by atoms with Gasteiger partial charge in [0.1, 0.15) is 0 Å². The summed E-state index contributed by atoms with van der Waals surface area (Å²) in [5.41, 5.74) is 1.47. The highest BCUT2D eigenvalue weighted by Gasteiger charge is 2.17. The third-order valence-electron chi connectivity index (χ3n) is 3.20. The number of halogens is 1. The average molecular weight is 283 g/mol. The van der Waals surface area contributed by atoms with Crippen LogP contribution in [0, 0.1) is 10.6 Å². The first kappa shape index (κ1) is 12.4. The van der Waals surface area contributed by atoms with E-state index in [1.54, 1.807) is 6.07 Å². The SMILES string of the molecule is COc1cc2c(cc1F)[nH]c(=S)n2N1CCOCC1. The zero-order valence-electron chi connectivity index (χ0n) is 10.5. The molecule has 102 valence electrons. The lowest BCUT2D eigenvalue weighted by Gasteiger charge is -2.29. The van der Waals surface area contributed by atoms with Gasteiger partial charge in [-0.1, -0.05) is 0 Å². The number of imidazole rings is 1. The summed E-state index contributed by atoms with van der Waals surface area (Å²) in [7, 11) is 1.45. The Morgan fingerprint density at radius 1 is 1.37 bits per heavy atom. The zero-order valence-corrected chi connectivity index (χ0v) is 11.3. The highest BCUT2D eigenvalue weighted by atomic mass is 32.1. The van der Waals surface area contributed by atoms with E-state index in [4.69, 9.17) is 21.7 Å². The normalized spacial score (nSPS) is 16.0. The molecule has 0 bridgehead atoms. The number of nitrogens with one attached hydrogen (secondary N) is 1. The van der Waals surface area contributed by atoms with Crippen LogP contribution < -0.4 is 9.75 Å². The minimum Gasteiger partial charge on any atom is -0.494 e. The Labute approximate surface area is 114 Å². The molecule has 0 atom stereocenters. The van der Waals surface area contributed by atoms with Crippen LogP contribution in [-0.2, 0) is 4.74 Å². The van der Waals surface area contributed by atoms with E-state index in [1.807, 2.05) is 4.68 Å². The summed E-state index contributed by atoms with van der Waals surface area (Å²) >= 11 is 5.32.